The number of benzene rings is 2. The minimum Gasteiger partial charge on any atom is -0.450 e. The Morgan fingerprint density at radius 2 is 1.21 bits per heavy atom. The third kappa shape index (κ3) is 8.79. The second-order valence-corrected chi connectivity index (χ2v) is 8.25. The predicted octanol–water partition coefficient (Wildman–Crippen LogP) is 3.87. The average Bonchev–Trinajstić information content (AvgIpc) is 2.81. The highest BCUT2D eigenvalue weighted by Gasteiger charge is 2.25. The highest BCUT2D eigenvalue weighted by Crippen LogP contribution is 2.29. The Balaban J connectivity index is 2.11. The van der Waals surface area contributed by atoms with Gasteiger partial charge >= 0.3 is 12.2 Å². The topological polar surface area (TPSA) is 135 Å². The van der Waals surface area contributed by atoms with Gasteiger partial charge in [0, 0.05) is 14.7 Å². The summed E-state index contributed by atoms with van der Waals surface area (Å²) < 4.78 is 9.25. The van der Waals surface area contributed by atoms with Crippen LogP contribution in [0.4, 0.5) is 15.3 Å². The molecule has 4 amide bonds. The highest BCUT2D eigenvalue weighted by atomic mass is 32.2. The number of carbonyl (C=O) groups excluding carboxylic acids is 4. The van der Waals surface area contributed by atoms with Crippen molar-refractivity contribution < 1.29 is 28.7 Å². The molecule has 0 aliphatic carbocycles. The molecule has 180 valence electrons. The molecular formula is C22H24N4O6S2. The quantitative estimate of drug-likeness (QED) is 0.201. The molecular weight excluding hydrogens is 480 g/mol. The van der Waals surface area contributed by atoms with Gasteiger partial charge in [0.05, 0.1) is 18.9 Å². The van der Waals surface area contributed by atoms with E-state index in [0.29, 0.717) is 5.69 Å². The lowest BCUT2D eigenvalue weighted by atomic mass is 10.3. The number of hydrogen-bond donors (Lipinski definition) is 3. The largest absolute Gasteiger partial charge is 0.450 e. The van der Waals surface area contributed by atoms with Gasteiger partial charge in [0.1, 0.15) is 0 Å². The van der Waals surface area contributed by atoms with Crippen LogP contribution >= 0.6 is 23.5 Å². The lowest BCUT2D eigenvalue weighted by Crippen LogP contribution is -2.46. The summed E-state index contributed by atoms with van der Waals surface area (Å²) in [6, 6.07) is 15.2. The maximum Gasteiger partial charge on any atom is 0.414 e. The Labute approximate surface area is 205 Å². The summed E-state index contributed by atoms with van der Waals surface area (Å²) in [6.45, 7) is 3.14. The molecule has 0 aliphatic rings. The van der Waals surface area contributed by atoms with Crippen molar-refractivity contribution in [2.24, 2.45) is 5.10 Å². The summed E-state index contributed by atoms with van der Waals surface area (Å²) in [5.41, 5.74) is 2.27. The molecule has 34 heavy (non-hydrogen) atoms. The number of anilines is 1. The number of alkyl carbamates (subject to hydrolysis) is 2. The van der Waals surface area contributed by atoms with E-state index >= 15 is 0 Å². The molecule has 2 aromatic carbocycles. The highest BCUT2D eigenvalue weighted by molar-refractivity contribution is 7.99. The first-order chi connectivity index (χ1) is 16.4. The lowest BCUT2D eigenvalue weighted by molar-refractivity contribution is -0.118. The molecule has 0 aliphatic heterocycles. The van der Waals surface area contributed by atoms with Crippen LogP contribution in [0.2, 0.25) is 0 Å². The number of ether oxygens (including phenoxy) is 2. The van der Waals surface area contributed by atoms with Crippen molar-refractivity contribution in [3.8, 4) is 0 Å². The molecule has 0 fully saturated rings. The van der Waals surface area contributed by atoms with E-state index in [4.69, 9.17) is 0 Å². The summed E-state index contributed by atoms with van der Waals surface area (Å²) in [4.78, 5) is 51.0. The number of nitrogens with zero attached hydrogens (tertiary/aromatic N) is 1. The minimum absolute atomic E-state index is 0.0188. The molecule has 10 nitrogen and oxygen atoms in total. The van der Waals surface area contributed by atoms with Crippen LogP contribution in [0.25, 0.3) is 0 Å². The number of hydrazone groups is 1. The van der Waals surface area contributed by atoms with Gasteiger partial charge in [0.2, 0.25) is 5.71 Å². The van der Waals surface area contributed by atoms with Crippen molar-refractivity contribution in [3.05, 3.63) is 48.5 Å². The minimum atomic E-state index is -1.16. The van der Waals surface area contributed by atoms with Gasteiger partial charge in [-0.15, -0.1) is 11.8 Å². The zero-order valence-corrected chi connectivity index (χ0v) is 20.4. The second-order valence-electron chi connectivity index (χ2n) is 6.22. The van der Waals surface area contributed by atoms with Gasteiger partial charge in [0.15, 0.2) is 0 Å². The van der Waals surface area contributed by atoms with Crippen LogP contribution in [0, 0.1) is 0 Å². The fourth-order valence-electron chi connectivity index (χ4n) is 2.34. The van der Waals surface area contributed by atoms with Crippen LogP contribution in [-0.4, -0.2) is 49.2 Å². The first-order valence-corrected chi connectivity index (χ1v) is 12.1. The lowest BCUT2D eigenvalue weighted by Gasteiger charge is -2.09. The van der Waals surface area contributed by atoms with Crippen molar-refractivity contribution in [2.75, 3.05) is 24.9 Å². The Hall–Kier alpha value is -3.51. The summed E-state index contributed by atoms with van der Waals surface area (Å²) in [6.07, 6.45) is -0.102. The number of rotatable bonds is 9. The Morgan fingerprint density at radius 3 is 1.65 bits per heavy atom. The zero-order valence-electron chi connectivity index (χ0n) is 18.7. The van der Waals surface area contributed by atoms with E-state index in [1.807, 2.05) is 53.3 Å². The molecule has 0 saturated heterocycles. The maximum absolute atomic E-state index is 12.3. The molecule has 0 saturated carbocycles. The van der Waals surface area contributed by atoms with Gasteiger partial charge in [-0.2, -0.15) is 5.10 Å². The Morgan fingerprint density at radius 1 is 0.765 bits per heavy atom. The van der Waals surface area contributed by atoms with E-state index in [2.05, 4.69) is 20.0 Å². The number of hydrogen-bond acceptors (Lipinski definition) is 10. The standard InChI is InChI=1S/C22H24N4O6S2/c1-4-31-21(29)23-19(27)18(20(28)24-22(30)32-5-2)26-25-14-6-8-16(9-7-14)34-17-12-10-15(33-3)11-13-17/h6-13,25H,4-5H2,1-3H3,(H,23,27,29)(H,24,28,30). The van der Waals surface area contributed by atoms with E-state index in [-0.39, 0.29) is 13.2 Å². The fourth-order valence-corrected chi connectivity index (χ4v) is 3.57. The number of nitrogens with one attached hydrogen (secondary N) is 3. The van der Waals surface area contributed by atoms with Crippen molar-refractivity contribution in [2.45, 2.75) is 28.5 Å². The Kier molecular flexibility index (Phi) is 10.9. The molecule has 0 atom stereocenters. The summed E-state index contributed by atoms with van der Waals surface area (Å²) >= 11 is 3.24. The van der Waals surface area contributed by atoms with Crippen LogP contribution in [0.3, 0.4) is 0 Å². The number of amides is 4. The van der Waals surface area contributed by atoms with E-state index < -0.39 is 29.7 Å². The van der Waals surface area contributed by atoms with Crippen molar-refractivity contribution >= 4 is 58.9 Å². The first-order valence-electron chi connectivity index (χ1n) is 10.1. The zero-order chi connectivity index (χ0) is 24.9. The van der Waals surface area contributed by atoms with Crippen LogP contribution in [0.15, 0.2) is 68.3 Å². The van der Waals surface area contributed by atoms with E-state index in [1.54, 1.807) is 49.5 Å². The monoisotopic (exact) mass is 504 g/mol. The molecule has 0 unspecified atom stereocenters. The molecule has 0 spiro atoms. The summed E-state index contributed by atoms with van der Waals surface area (Å²) in [5, 5.41) is 7.49. The molecule has 0 heterocycles. The second kappa shape index (κ2) is 13.9. The van der Waals surface area contributed by atoms with E-state index in [0.717, 1.165) is 9.79 Å². The third-order valence-electron chi connectivity index (χ3n) is 3.86. The SMILES string of the molecule is CCOC(=O)NC(=O)C(=NNc1ccc(Sc2ccc(SC)cc2)cc1)C(=O)NC(=O)OCC. The van der Waals surface area contributed by atoms with Crippen molar-refractivity contribution in [3.63, 3.8) is 0 Å². The molecule has 12 heteroatoms. The predicted molar refractivity (Wildman–Crippen MR) is 130 cm³/mol. The smallest absolute Gasteiger partial charge is 0.414 e. The van der Waals surface area contributed by atoms with E-state index in [1.165, 1.54) is 4.90 Å². The summed E-state index contributed by atoms with van der Waals surface area (Å²) in [7, 11) is 0. The summed E-state index contributed by atoms with van der Waals surface area (Å²) in [5.74, 6) is -2.32. The Bertz CT molecular complexity index is 1010. The van der Waals surface area contributed by atoms with Gasteiger partial charge < -0.3 is 9.47 Å². The van der Waals surface area contributed by atoms with Gasteiger partial charge in [-0.05, 0) is 68.6 Å². The van der Waals surface area contributed by atoms with E-state index in [9.17, 15) is 19.2 Å². The average molecular weight is 505 g/mol. The van der Waals surface area contributed by atoms with Crippen LogP contribution < -0.4 is 16.1 Å². The molecule has 0 aromatic heterocycles. The number of thioether (sulfide) groups is 1. The molecule has 2 rings (SSSR count). The number of carbonyl (C=O) groups is 4. The molecule has 0 bridgehead atoms. The van der Waals surface area contributed by atoms with Gasteiger partial charge in [-0.1, -0.05) is 11.8 Å². The number of imide groups is 2. The molecule has 2 aromatic rings. The van der Waals surface area contributed by atoms with Crippen molar-refractivity contribution in [1.29, 1.82) is 0 Å². The normalized spacial score (nSPS) is 9.97. The fraction of sp³-hybridized carbons (Fsp3) is 0.227. The van der Waals surface area contributed by atoms with Crippen LogP contribution in [0.1, 0.15) is 13.8 Å². The first kappa shape index (κ1) is 26.7. The molecule has 3 N–H and O–H groups in total. The molecule has 0 radical (unpaired) electrons. The maximum atomic E-state index is 12.3. The van der Waals surface area contributed by atoms with Crippen molar-refractivity contribution in [1.82, 2.24) is 10.6 Å². The van der Waals surface area contributed by atoms with Crippen LogP contribution in [-0.2, 0) is 19.1 Å². The third-order valence-corrected chi connectivity index (χ3v) is 5.62. The van der Waals surface area contributed by atoms with Gasteiger partial charge in [-0.25, -0.2) is 9.59 Å². The van der Waals surface area contributed by atoms with Gasteiger partial charge in [0.25, 0.3) is 11.8 Å². The van der Waals surface area contributed by atoms with Gasteiger partial charge in [-0.3, -0.25) is 25.6 Å². The van der Waals surface area contributed by atoms with Crippen LogP contribution in [0.5, 0.6) is 0 Å².